The van der Waals surface area contributed by atoms with Crippen LogP contribution in [0.3, 0.4) is 0 Å². The number of aliphatic carboxylic acids is 1. The van der Waals surface area contributed by atoms with E-state index in [-0.39, 0.29) is 42.5 Å². The fourth-order valence-corrected chi connectivity index (χ4v) is 8.71. The second-order valence-corrected chi connectivity index (χ2v) is 13.8. The number of hydrogen-bond acceptors (Lipinski definition) is 11. The molecule has 57 heavy (non-hydrogen) atoms. The predicted octanol–water partition coefficient (Wildman–Crippen LogP) is 6.05. The minimum absolute atomic E-state index is 0.0605. The van der Waals surface area contributed by atoms with Crippen LogP contribution in [0.2, 0.25) is 0 Å². The van der Waals surface area contributed by atoms with Crippen LogP contribution >= 0.6 is 0 Å². The molecule has 14 nitrogen and oxygen atoms in total. The molecule has 3 aliphatic rings. The number of nitrogens with zero attached hydrogens (tertiary/aromatic N) is 3. The number of fused-ring (bicyclic) bond motifs is 3. The lowest BCUT2D eigenvalue weighted by atomic mass is 9.65. The van der Waals surface area contributed by atoms with Crippen molar-refractivity contribution in [1.29, 1.82) is 0 Å². The number of non-ortho nitro benzene ring substituents is 1. The number of rotatable bonds is 10. The van der Waals surface area contributed by atoms with Gasteiger partial charge in [0.2, 0.25) is 5.91 Å². The number of imide groups is 1. The van der Waals surface area contributed by atoms with E-state index in [1.807, 2.05) is 36.4 Å². The van der Waals surface area contributed by atoms with Gasteiger partial charge in [-0.15, -0.1) is 0 Å². The summed E-state index contributed by atoms with van der Waals surface area (Å²) in [5.41, 5.74) is -0.0671. The molecule has 0 unspecified atom stereocenters. The van der Waals surface area contributed by atoms with Crippen molar-refractivity contribution >= 4 is 35.3 Å². The summed E-state index contributed by atoms with van der Waals surface area (Å²) in [6.07, 6.45) is -2.09. The van der Waals surface area contributed by atoms with E-state index >= 15 is 4.79 Å². The van der Waals surface area contributed by atoms with Crippen molar-refractivity contribution in [3.8, 4) is 5.75 Å². The molecule has 5 aromatic rings. The number of carboxylic acids is 1. The van der Waals surface area contributed by atoms with Crippen molar-refractivity contribution in [2.24, 2.45) is 5.92 Å². The number of carboxylic acid groups (broad SMARTS) is 1. The van der Waals surface area contributed by atoms with E-state index in [0.29, 0.717) is 22.3 Å². The van der Waals surface area contributed by atoms with Crippen LogP contribution in [0, 0.1) is 16.0 Å². The van der Waals surface area contributed by atoms with Crippen molar-refractivity contribution in [3.63, 3.8) is 0 Å². The molecular formula is C43H35N3O11. The molecule has 8 rings (SSSR count). The first kappa shape index (κ1) is 37.0. The van der Waals surface area contributed by atoms with Gasteiger partial charge in [-0.1, -0.05) is 97.1 Å². The number of hydrogen-bond donors (Lipinski definition) is 2. The molecule has 2 N–H and O–H groups in total. The van der Waals surface area contributed by atoms with Crippen LogP contribution in [-0.2, 0) is 35.9 Å². The van der Waals surface area contributed by atoms with Gasteiger partial charge < -0.3 is 24.4 Å². The van der Waals surface area contributed by atoms with Crippen LogP contribution in [0.25, 0.3) is 0 Å². The van der Waals surface area contributed by atoms with Crippen LogP contribution in [0.1, 0.15) is 46.0 Å². The molecule has 0 radical (unpaired) electrons. The van der Waals surface area contributed by atoms with E-state index in [1.54, 1.807) is 71.6 Å². The Morgan fingerprint density at radius 2 is 1.44 bits per heavy atom. The summed E-state index contributed by atoms with van der Waals surface area (Å²) in [6.45, 7) is -0.848. The molecule has 1 spiro atoms. The number of para-hydroxylation sites is 2. The molecule has 3 aliphatic heterocycles. The van der Waals surface area contributed by atoms with Crippen LogP contribution in [0.5, 0.6) is 5.75 Å². The van der Waals surface area contributed by atoms with Crippen LogP contribution in [0.15, 0.2) is 133 Å². The molecule has 14 heteroatoms. The molecule has 0 saturated carbocycles. The Kier molecular flexibility index (Phi) is 9.73. The lowest BCUT2D eigenvalue weighted by Crippen LogP contribution is -2.53. The summed E-state index contributed by atoms with van der Waals surface area (Å²) in [5, 5.41) is 32.4. The maximum Gasteiger partial charge on any atom is 0.421 e. The summed E-state index contributed by atoms with van der Waals surface area (Å²) in [5.74, 6) is -4.88. The number of carbonyl (C=O) groups is 4. The SMILES string of the molecule is O=C1O[C@H](c2ccccc2)[C@H](c2ccccc2)N2[C@H]1[C@@H](C(=O)O)[C@]1(C(=O)N(C(=O)OCc3ccc([N+](=O)[O-])cc3)c3ccccc31)[C@H]2c1ccccc1OCCO. The third-order valence-corrected chi connectivity index (χ3v) is 10.9. The van der Waals surface area contributed by atoms with Crippen molar-refractivity contribution in [3.05, 3.63) is 171 Å². The predicted molar refractivity (Wildman–Crippen MR) is 202 cm³/mol. The summed E-state index contributed by atoms with van der Waals surface area (Å²) in [7, 11) is 0. The minimum Gasteiger partial charge on any atom is -0.491 e. The summed E-state index contributed by atoms with van der Waals surface area (Å²) in [4.78, 5) is 71.6. The number of esters is 1. The summed E-state index contributed by atoms with van der Waals surface area (Å²) in [6, 6.07) is 32.8. The van der Waals surface area contributed by atoms with Gasteiger partial charge in [0, 0.05) is 17.7 Å². The second kappa shape index (κ2) is 15.0. The van der Waals surface area contributed by atoms with E-state index in [2.05, 4.69) is 0 Å². The zero-order chi connectivity index (χ0) is 39.8. The van der Waals surface area contributed by atoms with Gasteiger partial charge in [0.25, 0.3) is 5.69 Å². The highest BCUT2D eigenvalue weighted by molar-refractivity contribution is 6.23. The van der Waals surface area contributed by atoms with Crippen LogP contribution < -0.4 is 9.64 Å². The number of aliphatic hydroxyl groups excluding tert-OH is 1. The van der Waals surface area contributed by atoms with Gasteiger partial charge >= 0.3 is 18.0 Å². The van der Waals surface area contributed by atoms with Gasteiger partial charge in [-0.2, -0.15) is 0 Å². The largest absolute Gasteiger partial charge is 0.491 e. The minimum atomic E-state index is -2.17. The molecule has 2 fully saturated rings. The van der Waals surface area contributed by atoms with E-state index < -0.39 is 64.4 Å². The maximum absolute atomic E-state index is 15.7. The molecule has 2 saturated heterocycles. The maximum atomic E-state index is 15.7. The molecular weight excluding hydrogens is 734 g/mol. The monoisotopic (exact) mass is 769 g/mol. The molecule has 0 aromatic heterocycles. The van der Waals surface area contributed by atoms with Crippen LogP contribution in [-0.4, -0.2) is 63.2 Å². The number of nitro benzene ring substituents is 1. The number of morpholine rings is 1. The summed E-state index contributed by atoms with van der Waals surface area (Å²) >= 11 is 0. The molecule has 2 amide bonds. The third kappa shape index (κ3) is 6.06. The Morgan fingerprint density at radius 1 is 0.807 bits per heavy atom. The van der Waals surface area contributed by atoms with Crippen molar-refractivity contribution in [1.82, 2.24) is 4.90 Å². The normalized spacial score (nSPS) is 23.7. The number of benzene rings is 5. The highest BCUT2D eigenvalue weighted by atomic mass is 16.6. The number of cyclic esters (lactones) is 1. The van der Waals surface area contributed by atoms with Crippen molar-refractivity contribution < 1.29 is 48.5 Å². The van der Waals surface area contributed by atoms with E-state index in [9.17, 15) is 34.7 Å². The average molecular weight is 770 g/mol. The fraction of sp³-hybridized carbons (Fsp3) is 0.209. The standard InChI is InChI=1S/C43H35N3O11/c47-23-24-55-33-18-10-7-15-30(33)38-43(31-16-8-9-17-32(31)44(41(43)51)42(52)56-25-26-19-21-29(22-20-26)46(53)54)34(39(48)49)36-40(50)57-37(28-13-5-2-6-14-28)35(45(36)38)27-11-3-1-4-12-27/h1-22,34-38,47H,23-25H2,(H,48,49)/t34-,35-,36-,37+,38+,43-/m0/s1. The summed E-state index contributed by atoms with van der Waals surface area (Å²) < 4.78 is 18.0. The van der Waals surface area contributed by atoms with E-state index in [4.69, 9.17) is 14.2 Å². The zero-order valence-electron chi connectivity index (χ0n) is 30.1. The Bertz CT molecular complexity index is 2360. The number of anilines is 1. The van der Waals surface area contributed by atoms with Gasteiger partial charge in [0.05, 0.1) is 29.3 Å². The zero-order valence-corrected chi connectivity index (χ0v) is 30.1. The molecule has 0 bridgehead atoms. The smallest absolute Gasteiger partial charge is 0.421 e. The lowest BCUT2D eigenvalue weighted by Gasteiger charge is -2.46. The second-order valence-electron chi connectivity index (χ2n) is 13.8. The first-order chi connectivity index (χ1) is 27.7. The number of nitro groups is 1. The highest BCUT2D eigenvalue weighted by Crippen LogP contribution is 2.66. The number of carbonyl (C=O) groups excluding carboxylic acids is 3. The van der Waals surface area contributed by atoms with Crippen molar-refractivity contribution in [2.75, 3.05) is 18.1 Å². The molecule has 288 valence electrons. The quantitative estimate of drug-likeness (QED) is 0.0953. The molecule has 3 heterocycles. The topological polar surface area (TPSA) is 186 Å². The average Bonchev–Trinajstić information content (AvgIpc) is 3.69. The first-order valence-electron chi connectivity index (χ1n) is 18.2. The van der Waals surface area contributed by atoms with Crippen molar-refractivity contribution in [2.45, 2.75) is 36.3 Å². The number of ether oxygens (including phenoxy) is 3. The van der Waals surface area contributed by atoms with E-state index in [0.717, 1.165) is 4.90 Å². The molecule has 0 aliphatic carbocycles. The van der Waals surface area contributed by atoms with Gasteiger partial charge in [-0.05, 0) is 46.5 Å². The van der Waals surface area contributed by atoms with Crippen LogP contribution in [0.4, 0.5) is 16.2 Å². The number of amides is 2. The van der Waals surface area contributed by atoms with Gasteiger partial charge in [0.1, 0.15) is 42.4 Å². The Morgan fingerprint density at radius 3 is 2.11 bits per heavy atom. The third-order valence-electron chi connectivity index (χ3n) is 10.9. The molecule has 5 aromatic carbocycles. The highest BCUT2D eigenvalue weighted by Gasteiger charge is 2.76. The molecule has 6 atom stereocenters. The Hall–Kier alpha value is -6.90. The fourth-order valence-electron chi connectivity index (χ4n) is 8.71. The first-order valence-corrected chi connectivity index (χ1v) is 18.2. The van der Waals surface area contributed by atoms with Gasteiger partial charge in [0.15, 0.2) is 0 Å². The Labute approximate surface area is 325 Å². The number of aliphatic hydroxyl groups is 1. The Balaban J connectivity index is 1.35. The van der Waals surface area contributed by atoms with Gasteiger partial charge in [-0.3, -0.25) is 29.4 Å². The lowest BCUT2D eigenvalue weighted by molar-refractivity contribution is -0.384. The van der Waals surface area contributed by atoms with Gasteiger partial charge in [-0.25, -0.2) is 9.69 Å². The van der Waals surface area contributed by atoms with E-state index in [1.165, 1.54) is 30.3 Å².